The molecule has 1 atom stereocenters. The number of carbonyl (C=O) groups excluding carboxylic acids is 1. The number of hydrogen-bond donors (Lipinski definition) is 0. The topological polar surface area (TPSA) is 23.6 Å². The Labute approximate surface area is 112 Å². The third-order valence-corrected chi connectivity index (χ3v) is 4.39. The molecule has 18 heavy (non-hydrogen) atoms. The van der Waals surface area contributed by atoms with E-state index in [0.29, 0.717) is 11.8 Å². The van der Waals surface area contributed by atoms with E-state index in [2.05, 4.69) is 9.80 Å². The molecule has 0 aromatic heterocycles. The molecule has 104 valence electrons. The van der Waals surface area contributed by atoms with Crippen molar-refractivity contribution in [2.24, 2.45) is 0 Å². The number of hydrogen-bond acceptors (Lipinski definition) is 3. The molecule has 3 heteroatoms. The number of likely N-dealkylation sites (tertiary alicyclic amines) is 2. The van der Waals surface area contributed by atoms with Gasteiger partial charge in [0.2, 0.25) is 0 Å². The molecule has 0 saturated carbocycles. The summed E-state index contributed by atoms with van der Waals surface area (Å²) in [6.07, 6.45) is 8.66. The zero-order chi connectivity index (χ0) is 12.8. The summed E-state index contributed by atoms with van der Waals surface area (Å²) in [6.45, 7) is 7.99. The van der Waals surface area contributed by atoms with Crippen molar-refractivity contribution in [3.63, 3.8) is 0 Å². The van der Waals surface area contributed by atoms with Crippen molar-refractivity contribution in [3.05, 3.63) is 0 Å². The summed E-state index contributed by atoms with van der Waals surface area (Å²) < 4.78 is 0. The molecule has 2 heterocycles. The Balaban J connectivity index is 1.69. The van der Waals surface area contributed by atoms with Gasteiger partial charge in [0.05, 0.1) is 0 Å². The average molecular weight is 252 g/mol. The molecule has 2 rings (SSSR count). The van der Waals surface area contributed by atoms with Gasteiger partial charge in [-0.2, -0.15) is 0 Å². The van der Waals surface area contributed by atoms with Gasteiger partial charge in [-0.05, 0) is 71.8 Å². The molecule has 3 nitrogen and oxygen atoms in total. The summed E-state index contributed by atoms with van der Waals surface area (Å²) in [7, 11) is 0. The zero-order valence-corrected chi connectivity index (χ0v) is 11.9. The van der Waals surface area contributed by atoms with Crippen LogP contribution in [0.2, 0.25) is 0 Å². The maximum atomic E-state index is 11.3. The normalized spacial score (nSPS) is 26.6. The molecule has 2 saturated heterocycles. The highest BCUT2D eigenvalue weighted by Gasteiger charge is 2.23. The molecule has 0 spiro atoms. The van der Waals surface area contributed by atoms with E-state index in [1.165, 1.54) is 71.2 Å². The Morgan fingerprint density at radius 2 is 1.78 bits per heavy atom. The minimum Gasteiger partial charge on any atom is -0.303 e. The van der Waals surface area contributed by atoms with Crippen molar-refractivity contribution in [2.45, 2.75) is 57.9 Å². The van der Waals surface area contributed by atoms with Gasteiger partial charge >= 0.3 is 0 Å². The minimum atomic E-state index is 0.353. The molecule has 0 bridgehead atoms. The van der Waals surface area contributed by atoms with Crippen LogP contribution in [-0.2, 0) is 4.79 Å². The minimum absolute atomic E-state index is 0.353. The lowest BCUT2D eigenvalue weighted by Crippen LogP contribution is -2.41. The van der Waals surface area contributed by atoms with Gasteiger partial charge in [-0.1, -0.05) is 6.42 Å². The van der Waals surface area contributed by atoms with Crippen LogP contribution in [0.3, 0.4) is 0 Å². The number of piperidine rings is 1. The molecule has 0 radical (unpaired) electrons. The van der Waals surface area contributed by atoms with Crippen LogP contribution in [0, 0.1) is 0 Å². The fraction of sp³-hybridized carbons (Fsp3) is 0.933. The molecule has 0 aliphatic carbocycles. The largest absolute Gasteiger partial charge is 0.303 e. The number of ketones is 1. The van der Waals surface area contributed by atoms with Gasteiger partial charge in [0, 0.05) is 12.5 Å². The van der Waals surface area contributed by atoms with E-state index in [9.17, 15) is 4.79 Å². The van der Waals surface area contributed by atoms with E-state index >= 15 is 0 Å². The van der Waals surface area contributed by atoms with Crippen molar-refractivity contribution in [1.82, 2.24) is 9.80 Å². The van der Waals surface area contributed by atoms with Crippen LogP contribution in [0.4, 0.5) is 0 Å². The fourth-order valence-corrected chi connectivity index (χ4v) is 3.42. The second-order valence-electron chi connectivity index (χ2n) is 5.99. The SMILES string of the molecule is CC(=O)CC1CCCCN1CCCN1CCCC1. The highest BCUT2D eigenvalue weighted by Crippen LogP contribution is 2.20. The van der Waals surface area contributed by atoms with Gasteiger partial charge in [0.25, 0.3) is 0 Å². The molecule has 2 fully saturated rings. The Morgan fingerprint density at radius 3 is 2.50 bits per heavy atom. The summed E-state index contributed by atoms with van der Waals surface area (Å²) in [5, 5.41) is 0. The van der Waals surface area contributed by atoms with E-state index in [1.54, 1.807) is 6.92 Å². The first kappa shape index (κ1) is 14.0. The van der Waals surface area contributed by atoms with Crippen molar-refractivity contribution in [2.75, 3.05) is 32.7 Å². The third kappa shape index (κ3) is 4.36. The standard InChI is InChI=1S/C15H28N2O/c1-14(18)13-15-7-2-3-11-17(15)12-6-10-16-8-4-5-9-16/h15H,2-13H2,1H3. The number of rotatable bonds is 6. The van der Waals surface area contributed by atoms with E-state index in [4.69, 9.17) is 0 Å². The van der Waals surface area contributed by atoms with Crippen molar-refractivity contribution in [1.29, 1.82) is 0 Å². The van der Waals surface area contributed by atoms with Gasteiger partial charge in [0.1, 0.15) is 5.78 Å². The Morgan fingerprint density at radius 1 is 1.06 bits per heavy atom. The maximum Gasteiger partial charge on any atom is 0.131 e. The van der Waals surface area contributed by atoms with Crippen LogP contribution in [-0.4, -0.2) is 54.3 Å². The Kier molecular flexibility index (Phi) is 5.64. The second kappa shape index (κ2) is 7.25. The average Bonchev–Trinajstić information content (AvgIpc) is 2.84. The quantitative estimate of drug-likeness (QED) is 0.725. The zero-order valence-electron chi connectivity index (χ0n) is 11.9. The van der Waals surface area contributed by atoms with Crippen LogP contribution in [0.1, 0.15) is 51.9 Å². The number of carbonyl (C=O) groups is 1. The molecule has 0 aromatic carbocycles. The van der Waals surface area contributed by atoms with Crippen LogP contribution in [0.15, 0.2) is 0 Å². The lowest BCUT2D eigenvalue weighted by atomic mass is 9.97. The van der Waals surface area contributed by atoms with E-state index < -0.39 is 0 Å². The van der Waals surface area contributed by atoms with Crippen molar-refractivity contribution >= 4 is 5.78 Å². The van der Waals surface area contributed by atoms with Gasteiger partial charge in [-0.25, -0.2) is 0 Å². The van der Waals surface area contributed by atoms with Gasteiger partial charge in [0.15, 0.2) is 0 Å². The van der Waals surface area contributed by atoms with Crippen LogP contribution in [0.5, 0.6) is 0 Å². The van der Waals surface area contributed by atoms with Crippen molar-refractivity contribution < 1.29 is 4.79 Å². The molecular weight excluding hydrogens is 224 g/mol. The lowest BCUT2D eigenvalue weighted by molar-refractivity contribution is -0.118. The Bertz CT molecular complexity index is 261. The summed E-state index contributed by atoms with van der Waals surface area (Å²) in [5.74, 6) is 0.353. The fourth-order valence-electron chi connectivity index (χ4n) is 3.42. The lowest BCUT2D eigenvalue weighted by Gasteiger charge is -2.35. The van der Waals surface area contributed by atoms with Gasteiger partial charge in [-0.3, -0.25) is 9.69 Å². The van der Waals surface area contributed by atoms with E-state index in [0.717, 1.165) is 6.42 Å². The van der Waals surface area contributed by atoms with Gasteiger partial charge in [-0.15, -0.1) is 0 Å². The number of Topliss-reactive ketones (excluding diaryl/α,β-unsaturated/α-hetero) is 1. The molecule has 0 N–H and O–H groups in total. The summed E-state index contributed by atoms with van der Waals surface area (Å²) in [4.78, 5) is 16.5. The summed E-state index contributed by atoms with van der Waals surface area (Å²) in [5.41, 5.74) is 0. The first-order chi connectivity index (χ1) is 8.75. The molecular formula is C15H28N2O. The smallest absolute Gasteiger partial charge is 0.131 e. The van der Waals surface area contributed by atoms with E-state index in [-0.39, 0.29) is 0 Å². The molecule has 0 aromatic rings. The van der Waals surface area contributed by atoms with E-state index in [1.807, 2.05) is 0 Å². The van der Waals surface area contributed by atoms with Gasteiger partial charge < -0.3 is 4.90 Å². The number of nitrogens with zero attached hydrogens (tertiary/aromatic N) is 2. The third-order valence-electron chi connectivity index (χ3n) is 4.39. The van der Waals surface area contributed by atoms with Crippen LogP contribution < -0.4 is 0 Å². The summed E-state index contributed by atoms with van der Waals surface area (Å²) in [6, 6.07) is 0.537. The van der Waals surface area contributed by atoms with Crippen LogP contribution >= 0.6 is 0 Å². The Hall–Kier alpha value is -0.410. The maximum absolute atomic E-state index is 11.3. The highest BCUT2D eigenvalue weighted by molar-refractivity contribution is 5.76. The predicted octanol–water partition coefficient (Wildman–Crippen LogP) is 2.31. The molecule has 2 aliphatic rings. The van der Waals surface area contributed by atoms with Crippen LogP contribution in [0.25, 0.3) is 0 Å². The first-order valence-corrected chi connectivity index (χ1v) is 7.71. The van der Waals surface area contributed by atoms with Crippen molar-refractivity contribution in [3.8, 4) is 0 Å². The molecule has 2 aliphatic heterocycles. The highest BCUT2D eigenvalue weighted by atomic mass is 16.1. The second-order valence-corrected chi connectivity index (χ2v) is 5.99. The summed E-state index contributed by atoms with van der Waals surface area (Å²) >= 11 is 0. The first-order valence-electron chi connectivity index (χ1n) is 7.71. The molecule has 1 unspecified atom stereocenters. The monoisotopic (exact) mass is 252 g/mol. The predicted molar refractivity (Wildman–Crippen MR) is 74.8 cm³/mol. The molecule has 0 amide bonds.